The molecule has 2 amide bonds. The second kappa shape index (κ2) is 9.80. The molecule has 150 valence electrons. The Kier molecular flexibility index (Phi) is 8.37. The van der Waals surface area contributed by atoms with Gasteiger partial charge in [0, 0.05) is 17.6 Å². The summed E-state index contributed by atoms with van der Waals surface area (Å²) < 4.78 is 10.4. The molecular formula is C18H24Cl2N2O5. The van der Waals surface area contributed by atoms with Gasteiger partial charge in [0.1, 0.15) is 5.75 Å². The first kappa shape index (κ1) is 23.0. The van der Waals surface area contributed by atoms with Gasteiger partial charge in [0.05, 0.1) is 11.6 Å². The number of esters is 1. The predicted molar refractivity (Wildman–Crippen MR) is 103 cm³/mol. The van der Waals surface area contributed by atoms with Gasteiger partial charge in [-0.2, -0.15) is 0 Å². The minimum atomic E-state index is -0.981. The molecule has 0 saturated carbocycles. The van der Waals surface area contributed by atoms with E-state index in [0.717, 1.165) is 0 Å². The first-order chi connectivity index (χ1) is 12.4. The number of hydrogen-bond donors (Lipinski definition) is 1. The van der Waals surface area contributed by atoms with Crippen LogP contribution in [0.3, 0.4) is 0 Å². The molecule has 9 heteroatoms. The lowest BCUT2D eigenvalue weighted by atomic mass is 10.1. The number of hydrogen-bond acceptors (Lipinski definition) is 5. The van der Waals surface area contributed by atoms with E-state index in [1.165, 1.54) is 31.0 Å². The predicted octanol–water partition coefficient (Wildman–Crippen LogP) is 2.68. The van der Waals surface area contributed by atoms with E-state index in [4.69, 9.17) is 32.7 Å². The third-order valence-corrected chi connectivity index (χ3v) is 3.72. The Balaban J connectivity index is 2.47. The van der Waals surface area contributed by atoms with Gasteiger partial charge in [-0.3, -0.25) is 9.59 Å². The molecule has 27 heavy (non-hydrogen) atoms. The molecule has 0 heterocycles. The minimum absolute atomic E-state index is 0.139. The van der Waals surface area contributed by atoms with Crippen molar-refractivity contribution in [2.75, 3.05) is 20.2 Å². The Hall–Kier alpha value is -1.99. The van der Waals surface area contributed by atoms with Gasteiger partial charge in [-0.1, -0.05) is 23.2 Å². The van der Waals surface area contributed by atoms with E-state index < -0.39 is 30.1 Å². The summed E-state index contributed by atoms with van der Waals surface area (Å²) in [5, 5.41) is 3.43. The van der Waals surface area contributed by atoms with E-state index in [2.05, 4.69) is 5.32 Å². The molecule has 0 fully saturated rings. The van der Waals surface area contributed by atoms with Crippen LogP contribution in [-0.4, -0.2) is 54.5 Å². The fraction of sp³-hybridized carbons (Fsp3) is 0.500. The van der Waals surface area contributed by atoms with Gasteiger partial charge in [0.2, 0.25) is 5.91 Å². The Bertz CT molecular complexity index is 703. The van der Waals surface area contributed by atoms with E-state index >= 15 is 0 Å². The molecule has 0 radical (unpaired) electrons. The van der Waals surface area contributed by atoms with E-state index in [9.17, 15) is 14.4 Å². The number of nitrogens with zero attached hydrogens (tertiary/aromatic N) is 1. The minimum Gasteiger partial charge on any atom is -0.477 e. The lowest BCUT2D eigenvalue weighted by molar-refractivity contribution is -0.157. The second-order valence-corrected chi connectivity index (χ2v) is 7.83. The highest BCUT2D eigenvalue weighted by Gasteiger charge is 2.22. The monoisotopic (exact) mass is 418 g/mol. The van der Waals surface area contributed by atoms with Crippen LogP contribution < -0.4 is 10.1 Å². The number of amides is 2. The van der Waals surface area contributed by atoms with Crippen LogP contribution in [0.5, 0.6) is 5.75 Å². The quantitative estimate of drug-likeness (QED) is 0.687. The maximum Gasteiger partial charge on any atom is 0.347 e. The van der Waals surface area contributed by atoms with Gasteiger partial charge in [-0.15, -0.1) is 0 Å². The number of rotatable bonds is 7. The third-order valence-electron chi connectivity index (χ3n) is 3.19. The van der Waals surface area contributed by atoms with Crippen molar-refractivity contribution in [3.63, 3.8) is 0 Å². The zero-order valence-electron chi connectivity index (χ0n) is 16.0. The summed E-state index contributed by atoms with van der Waals surface area (Å²) in [6.07, 6.45) is -0.981. The molecule has 0 saturated heterocycles. The van der Waals surface area contributed by atoms with Gasteiger partial charge in [0.15, 0.2) is 12.7 Å². The molecule has 1 rings (SSSR count). The zero-order chi connectivity index (χ0) is 20.8. The summed E-state index contributed by atoms with van der Waals surface area (Å²) in [6.45, 7) is 6.34. The fourth-order valence-electron chi connectivity index (χ4n) is 1.93. The molecule has 1 atom stereocenters. The van der Waals surface area contributed by atoms with Crippen molar-refractivity contribution in [1.82, 2.24) is 10.2 Å². The van der Waals surface area contributed by atoms with Gasteiger partial charge in [0.25, 0.3) is 5.91 Å². The summed E-state index contributed by atoms with van der Waals surface area (Å²) in [5.74, 6) is -1.28. The third kappa shape index (κ3) is 8.49. The number of halogens is 2. The zero-order valence-corrected chi connectivity index (χ0v) is 17.5. The van der Waals surface area contributed by atoms with Crippen LogP contribution >= 0.6 is 23.2 Å². The SMILES string of the molecule is C[C@@H](Oc1ccc(Cl)cc1Cl)C(=O)OCC(=O)N(C)CC(=O)NC(C)(C)C. The summed E-state index contributed by atoms with van der Waals surface area (Å²) in [5.41, 5.74) is -0.400. The summed E-state index contributed by atoms with van der Waals surface area (Å²) in [4.78, 5) is 37.0. The van der Waals surface area contributed by atoms with Crippen LogP contribution in [0.1, 0.15) is 27.7 Å². The van der Waals surface area contributed by atoms with Crippen molar-refractivity contribution in [3.05, 3.63) is 28.2 Å². The Labute approximate surface area is 168 Å². The fourth-order valence-corrected chi connectivity index (χ4v) is 2.38. The number of ether oxygens (including phenoxy) is 2. The molecule has 7 nitrogen and oxygen atoms in total. The normalized spacial score (nSPS) is 12.1. The Morgan fingerprint density at radius 3 is 2.41 bits per heavy atom. The second-order valence-electron chi connectivity index (χ2n) is 6.99. The summed E-state index contributed by atoms with van der Waals surface area (Å²) in [7, 11) is 1.45. The molecule has 1 N–H and O–H groups in total. The van der Waals surface area contributed by atoms with Crippen molar-refractivity contribution >= 4 is 41.0 Å². The molecule has 0 aliphatic carbocycles. The van der Waals surface area contributed by atoms with Gasteiger partial charge in [-0.05, 0) is 45.9 Å². The largest absolute Gasteiger partial charge is 0.477 e. The van der Waals surface area contributed by atoms with Crippen LogP contribution in [0.25, 0.3) is 0 Å². The lowest BCUT2D eigenvalue weighted by Crippen LogP contribution is -2.47. The first-order valence-electron chi connectivity index (χ1n) is 8.22. The molecule has 0 unspecified atom stereocenters. The van der Waals surface area contributed by atoms with E-state index in [0.29, 0.717) is 5.02 Å². The molecule has 0 aliphatic heterocycles. The number of likely N-dealkylation sites (N-methyl/N-ethyl adjacent to an activating group) is 1. The molecular weight excluding hydrogens is 395 g/mol. The summed E-state index contributed by atoms with van der Waals surface area (Å²) >= 11 is 11.8. The van der Waals surface area contributed by atoms with Crippen LogP contribution in [0.2, 0.25) is 10.0 Å². The van der Waals surface area contributed by atoms with Crippen molar-refractivity contribution in [1.29, 1.82) is 0 Å². The Morgan fingerprint density at radius 1 is 1.22 bits per heavy atom. The number of carbonyl (C=O) groups excluding carboxylic acids is 3. The van der Waals surface area contributed by atoms with Gasteiger partial charge < -0.3 is 19.7 Å². The molecule has 0 spiro atoms. The van der Waals surface area contributed by atoms with Gasteiger partial charge >= 0.3 is 5.97 Å². The standard InChI is InChI=1S/C18H24Cl2N2O5/c1-11(27-14-7-6-12(19)8-13(14)20)17(25)26-10-16(24)22(5)9-15(23)21-18(2,3)4/h6-8,11H,9-10H2,1-5H3,(H,21,23)/t11-/m1/s1. The lowest BCUT2D eigenvalue weighted by Gasteiger charge is -2.23. The topological polar surface area (TPSA) is 84.9 Å². The molecule has 1 aromatic rings. The number of carbonyl (C=O) groups is 3. The highest BCUT2D eigenvalue weighted by Crippen LogP contribution is 2.28. The van der Waals surface area contributed by atoms with Crippen molar-refractivity contribution in [2.45, 2.75) is 39.3 Å². The average molecular weight is 419 g/mol. The molecule has 0 aliphatic rings. The van der Waals surface area contributed by atoms with E-state index in [1.54, 1.807) is 6.07 Å². The van der Waals surface area contributed by atoms with Gasteiger partial charge in [-0.25, -0.2) is 4.79 Å². The smallest absolute Gasteiger partial charge is 0.347 e. The van der Waals surface area contributed by atoms with Crippen LogP contribution in [0.15, 0.2) is 18.2 Å². The maximum atomic E-state index is 12.0. The first-order valence-corrected chi connectivity index (χ1v) is 8.98. The number of benzene rings is 1. The highest BCUT2D eigenvalue weighted by atomic mass is 35.5. The average Bonchev–Trinajstić information content (AvgIpc) is 2.52. The Morgan fingerprint density at radius 2 is 1.85 bits per heavy atom. The van der Waals surface area contributed by atoms with E-state index in [-0.39, 0.29) is 23.2 Å². The van der Waals surface area contributed by atoms with Crippen LogP contribution in [0, 0.1) is 0 Å². The van der Waals surface area contributed by atoms with Crippen molar-refractivity contribution < 1.29 is 23.9 Å². The number of nitrogens with one attached hydrogen (secondary N) is 1. The van der Waals surface area contributed by atoms with E-state index in [1.807, 2.05) is 20.8 Å². The molecule has 0 aromatic heterocycles. The van der Waals surface area contributed by atoms with Crippen molar-refractivity contribution in [2.24, 2.45) is 0 Å². The van der Waals surface area contributed by atoms with Crippen LogP contribution in [0.4, 0.5) is 0 Å². The van der Waals surface area contributed by atoms with Crippen molar-refractivity contribution in [3.8, 4) is 5.75 Å². The molecule has 1 aromatic carbocycles. The molecule has 0 bridgehead atoms. The van der Waals surface area contributed by atoms with Crippen LogP contribution in [-0.2, 0) is 19.1 Å². The maximum absolute atomic E-state index is 12.0. The summed E-state index contributed by atoms with van der Waals surface area (Å²) in [6, 6.07) is 4.58. The highest BCUT2D eigenvalue weighted by molar-refractivity contribution is 6.35.